The summed E-state index contributed by atoms with van der Waals surface area (Å²) in [5, 5.41) is 2.06. The predicted octanol–water partition coefficient (Wildman–Crippen LogP) is 2.65. The molecule has 1 unspecified atom stereocenters. The van der Waals surface area contributed by atoms with Crippen molar-refractivity contribution in [3.05, 3.63) is 24.3 Å². The minimum Gasteiger partial charge on any atom is -0.355 e. The molecule has 1 amide bonds. The van der Waals surface area contributed by atoms with Crippen molar-refractivity contribution < 1.29 is 4.79 Å². The van der Waals surface area contributed by atoms with Crippen LogP contribution in [-0.4, -0.2) is 56.9 Å². The van der Waals surface area contributed by atoms with Crippen LogP contribution in [0.25, 0.3) is 21.9 Å². The smallest absolute Gasteiger partial charge is 0.227 e. The number of anilines is 1. The first-order valence-electron chi connectivity index (χ1n) is 9.73. The summed E-state index contributed by atoms with van der Waals surface area (Å²) in [7, 11) is 1.96. The van der Waals surface area contributed by atoms with Crippen LogP contribution in [0.3, 0.4) is 0 Å². The van der Waals surface area contributed by atoms with Crippen LogP contribution in [0, 0.1) is 12.8 Å². The maximum Gasteiger partial charge on any atom is 0.227 e. The van der Waals surface area contributed by atoms with Crippen LogP contribution in [0.2, 0.25) is 0 Å². The molecule has 7 nitrogen and oxygen atoms in total. The van der Waals surface area contributed by atoms with Crippen molar-refractivity contribution in [3.63, 3.8) is 0 Å². The van der Waals surface area contributed by atoms with Crippen LogP contribution in [0.5, 0.6) is 0 Å². The summed E-state index contributed by atoms with van der Waals surface area (Å²) in [4.78, 5) is 34.1. The van der Waals surface area contributed by atoms with Gasteiger partial charge in [-0.1, -0.05) is 0 Å². The fourth-order valence-electron chi connectivity index (χ4n) is 4.26. The van der Waals surface area contributed by atoms with Crippen molar-refractivity contribution in [2.75, 3.05) is 25.0 Å². The number of rotatable bonds is 3. The summed E-state index contributed by atoms with van der Waals surface area (Å²) in [6, 6.07) is 2.45. The zero-order chi connectivity index (χ0) is 18.5. The van der Waals surface area contributed by atoms with Gasteiger partial charge in [-0.15, -0.1) is 0 Å². The third-order valence-electron chi connectivity index (χ3n) is 5.86. The molecule has 1 atom stereocenters. The molecule has 5 rings (SSSR count). The second-order valence-corrected chi connectivity index (χ2v) is 7.84. The minimum atomic E-state index is 0.0424. The highest BCUT2D eigenvalue weighted by atomic mass is 16.2. The van der Waals surface area contributed by atoms with Crippen molar-refractivity contribution in [1.82, 2.24) is 24.8 Å². The fourth-order valence-corrected chi connectivity index (χ4v) is 4.26. The first-order valence-corrected chi connectivity index (χ1v) is 9.73. The van der Waals surface area contributed by atoms with Gasteiger partial charge in [-0.05, 0) is 38.7 Å². The van der Waals surface area contributed by atoms with Crippen LogP contribution in [0.4, 0.5) is 5.82 Å². The van der Waals surface area contributed by atoms with Crippen molar-refractivity contribution in [2.45, 2.75) is 38.6 Å². The van der Waals surface area contributed by atoms with Crippen LogP contribution < -0.4 is 4.90 Å². The number of nitrogens with one attached hydrogen (secondary N) is 1. The summed E-state index contributed by atoms with van der Waals surface area (Å²) in [6.07, 6.45) is 7.87. The van der Waals surface area contributed by atoms with E-state index in [1.165, 1.54) is 0 Å². The molecule has 4 heterocycles. The van der Waals surface area contributed by atoms with E-state index in [0.29, 0.717) is 6.04 Å². The third kappa shape index (κ3) is 2.81. The molecular formula is C20H24N6O. The van der Waals surface area contributed by atoms with Crippen LogP contribution in [-0.2, 0) is 4.79 Å². The summed E-state index contributed by atoms with van der Waals surface area (Å²) in [6.45, 7) is 3.60. The molecule has 0 spiro atoms. The molecule has 7 heteroatoms. The molecule has 2 fully saturated rings. The molecule has 1 aliphatic carbocycles. The van der Waals surface area contributed by atoms with Gasteiger partial charge in [0.05, 0.1) is 23.0 Å². The maximum atomic E-state index is 12.9. The van der Waals surface area contributed by atoms with E-state index in [4.69, 9.17) is 4.98 Å². The van der Waals surface area contributed by atoms with E-state index >= 15 is 0 Å². The SMILES string of the molecule is Cc1nc(N2CCCC(C(=O)N(C)C3CC3)C2)c2c(cnc3nccc32)[nH]1. The lowest BCUT2D eigenvalue weighted by Crippen LogP contribution is -2.44. The Kier molecular flexibility index (Phi) is 3.77. The maximum absolute atomic E-state index is 12.9. The van der Waals surface area contributed by atoms with E-state index in [1.807, 2.05) is 31.1 Å². The number of nitrogens with zero attached hydrogens (tertiary/aromatic N) is 5. The standard InChI is InChI=1S/C20H24N6O/c1-12-23-16-10-22-18-15(7-8-21-18)17(16)19(24-12)26-9-3-4-13(11-26)20(27)25(2)14-5-6-14/h7-8,10,13-14H,3-6,9,11H2,1-2H3,(H,23,24). The molecule has 3 aromatic heterocycles. The second kappa shape index (κ2) is 6.18. The number of H-pyrrole nitrogens is 1. The number of pyridine rings is 1. The lowest BCUT2D eigenvalue weighted by atomic mass is 9.96. The van der Waals surface area contributed by atoms with Gasteiger partial charge in [0.25, 0.3) is 0 Å². The number of aromatic amines is 1. The second-order valence-electron chi connectivity index (χ2n) is 7.84. The average Bonchev–Trinajstić information content (AvgIpc) is 3.43. The summed E-state index contributed by atoms with van der Waals surface area (Å²) in [5.41, 5.74) is 1.70. The van der Waals surface area contributed by atoms with Crippen molar-refractivity contribution in [2.24, 2.45) is 5.92 Å². The molecule has 1 saturated carbocycles. The van der Waals surface area contributed by atoms with Crippen molar-refractivity contribution in [1.29, 1.82) is 0 Å². The number of piperidine rings is 1. The van der Waals surface area contributed by atoms with Gasteiger partial charge >= 0.3 is 0 Å². The number of amides is 1. The van der Waals surface area contributed by atoms with Gasteiger partial charge in [-0.3, -0.25) is 4.79 Å². The Morgan fingerprint density at radius 2 is 2.15 bits per heavy atom. The highest BCUT2D eigenvalue weighted by Crippen LogP contribution is 2.34. The summed E-state index contributed by atoms with van der Waals surface area (Å²) < 4.78 is 0. The van der Waals surface area contributed by atoms with Gasteiger partial charge in [0.15, 0.2) is 5.65 Å². The van der Waals surface area contributed by atoms with E-state index < -0.39 is 0 Å². The van der Waals surface area contributed by atoms with E-state index in [0.717, 1.165) is 72.4 Å². The highest BCUT2D eigenvalue weighted by Gasteiger charge is 2.35. The number of carbonyl (C=O) groups is 1. The van der Waals surface area contributed by atoms with Gasteiger partial charge in [-0.25, -0.2) is 15.0 Å². The topological polar surface area (TPSA) is 78.0 Å². The Labute approximate surface area is 157 Å². The molecule has 27 heavy (non-hydrogen) atoms. The Morgan fingerprint density at radius 1 is 1.30 bits per heavy atom. The molecule has 0 radical (unpaired) electrons. The Hall–Kier alpha value is -2.70. The summed E-state index contributed by atoms with van der Waals surface area (Å²) >= 11 is 0. The minimum absolute atomic E-state index is 0.0424. The Bertz CT molecular complexity index is 1020. The Balaban J connectivity index is 1.54. The van der Waals surface area contributed by atoms with E-state index in [-0.39, 0.29) is 11.8 Å². The monoisotopic (exact) mass is 364 g/mol. The van der Waals surface area contributed by atoms with Gasteiger partial charge in [-0.2, -0.15) is 0 Å². The normalized spacial score (nSPS) is 20.4. The van der Waals surface area contributed by atoms with Gasteiger partial charge in [0, 0.05) is 37.8 Å². The molecule has 0 bridgehead atoms. The molecule has 3 aromatic rings. The quantitative estimate of drug-likeness (QED) is 0.773. The van der Waals surface area contributed by atoms with Gasteiger partial charge < -0.3 is 14.8 Å². The number of aryl methyl sites for hydroxylation is 1. The van der Waals surface area contributed by atoms with E-state index in [2.05, 4.69) is 19.9 Å². The molecule has 1 saturated heterocycles. The molecule has 1 aliphatic heterocycles. The molecule has 1 N–H and O–H groups in total. The lowest BCUT2D eigenvalue weighted by Gasteiger charge is -2.35. The van der Waals surface area contributed by atoms with Gasteiger partial charge in [0.1, 0.15) is 11.6 Å². The van der Waals surface area contributed by atoms with Crippen molar-refractivity contribution >= 4 is 33.7 Å². The fraction of sp³-hybridized carbons (Fsp3) is 0.500. The molecule has 140 valence electrons. The zero-order valence-corrected chi connectivity index (χ0v) is 15.8. The number of aromatic nitrogens is 4. The van der Waals surface area contributed by atoms with Crippen LogP contribution >= 0.6 is 0 Å². The largest absolute Gasteiger partial charge is 0.355 e. The van der Waals surface area contributed by atoms with E-state index in [1.54, 1.807) is 6.20 Å². The Morgan fingerprint density at radius 3 is 2.96 bits per heavy atom. The number of hydrogen-bond acceptors (Lipinski definition) is 5. The lowest BCUT2D eigenvalue weighted by molar-refractivity contribution is -0.134. The van der Waals surface area contributed by atoms with Gasteiger partial charge in [0.2, 0.25) is 5.91 Å². The zero-order valence-electron chi connectivity index (χ0n) is 15.8. The molecular weight excluding hydrogens is 340 g/mol. The highest BCUT2D eigenvalue weighted by molar-refractivity contribution is 6.09. The predicted molar refractivity (Wildman–Crippen MR) is 105 cm³/mol. The number of hydrogen-bond donors (Lipinski definition) is 1. The van der Waals surface area contributed by atoms with E-state index in [9.17, 15) is 4.79 Å². The first-order chi connectivity index (χ1) is 13.1. The average molecular weight is 364 g/mol. The van der Waals surface area contributed by atoms with Crippen molar-refractivity contribution in [3.8, 4) is 0 Å². The molecule has 0 aromatic carbocycles. The van der Waals surface area contributed by atoms with Crippen LogP contribution in [0.15, 0.2) is 18.5 Å². The third-order valence-corrected chi connectivity index (χ3v) is 5.86. The number of carbonyl (C=O) groups excluding carboxylic acids is 1. The molecule has 2 aliphatic rings. The van der Waals surface area contributed by atoms with Crippen LogP contribution in [0.1, 0.15) is 31.5 Å². The summed E-state index contributed by atoms with van der Waals surface area (Å²) in [5.74, 6) is 2.11. The number of fused-ring (bicyclic) bond motifs is 3. The first kappa shape index (κ1) is 16.5.